The first kappa shape index (κ1) is 16.7. The molecule has 2 amide bonds. The molecule has 0 heterocycles. The highest BCUT2D eigenvalue weighted by atomic mass is 79.9. The van der Waals surface area contributed by atoms with E-state index >= 15 is 0 Å². The van der Waals surface area contributed by atoms with Crippen LogP contribution in [0.5, 0.6) is 0 Å². The number of carbonyl (C=O) groups excluding carboxylic acids is 2. The minimum atomic E-state index is -0.228. The Morgan fingerprint density at radius 2 is 1.80 bits per heavy atom. The molecular weight excluding hydrogens is 324 g/mol. The predicted octanol–water partition coefficient (Wildman–Crippen LogP) is 2.78. The molecule has 0 spiro atoms. The lowest BCUT2D eigenvalue weighted by Crippen LogP contribution is -2.17. The third kappa shape index (κ3) is 6.68. The second kappa shape index (κ2) is 9.50. The molecule has 0 aliphatic heterocycles. The van der Waals surface area contributed by atoms with Crippen LogP contribution in [0.15, 0.2) is 24.3 Å². The van der Waals surface area contributed by atoms with Crippen molar-refractivity contribution >= 4 is 39.1 Å². The lowest BCUT2D eigenvalue weighted by molar-refractivity contribution is -0.119. The summed E-state index contributed by atoms with van der Waals surface area (Å²) in [6.07, 6.45) is 2.31. The number of hydrogen-bond donors (Lipinski definition) is 2. The molecule has 1 aromatic rings. The van der Waals surface area contributed by atoms with Crippen LogP contribution in [0.25, 0.3) is 0 Å². The van der Waals surface area contributed by atoms with Gasteiger partial charge in [-0.2, -0.15) is 0 Å². The number of carbonyl (C=O) groups is 2. The fourth-order valence-corrected chi connectivity index (χ4v) is 2.00. The van der Waals surface area contributed by atoms with Crippen LogP contribution in [0.2, 0.25) is 0 Å². The first-order valence-corrected chi connectivity index (χ1v) is 7.52. The number of hydrogen-bond acceptors (Lipinski definition) is 3. The number of alkyl halides is 1. The second-order valence-electron chi connectivity index (χ2n) is 4.26. The molecule has 2 N–H and O–H groups in total. The summed E-state index contributed by atoms with van der Waals surface area (Å²) in [7, 11) is 1.46. The highest BCUT2D eigenvalue weighted by Crippen LogP contribution is 2.15. The van der Waals surface area contributed by atoms with E-state index in [0.29, 0.717) is 17.8 Å². The van der Waals surface area contributed by atoms with Gasteiger partial charge in [0.1, 0.15) is 6.61 Å². The van der Waals surface area contributed by atoms with E-state index in [1.54, 1.807) is 24.3 Å². The SMILES string of the molecule is COCC(=O)Nc1cccc(NC(=O)CCCCBr)c1. The molecule has 5 nitrogen and oxygen atoms in total. The Hall–Kier alpha value is -1.40. The molecule has 0 bridgehead atoms. The van der Waals surface area contributed by atoms with Crippen molar-refractivity contribution in [3.05, 3.63) is 24.3 Å². The molecule has 1 aromatic carbocycles. The monoisotopic (exact) mass is 342 g/mol. The van der Waals surface area contributed by atoms with Gasteiger partial charge in [-0.05, 0) is 31.0 Å². The van der Waals surface area contributed by atoms with E-state index in [1.807, 2.05) is 0 Å². The van der Waals surface area contributed by atoms with Crippen LogP contribution < -0.4 is 10.6 Å². The summed E-state index contributed by atoms with van der Waals surface area (Å²) in [5, 5.41) is 6.40. The molecule has 20 heavy (non-hydrogen) atoms. The van der Waals surface area contributed by atoms with Crippen molar-refractivity contribution < 1.29 is 14.3 Å². The van der Waals surface area contributed by atoms with Crippen LogP contribution in [0, 0.1) is 0 Å². The molecule has 0 aliphatic rings. The van der Waals surface area contributed by atoms with Gasteiger partial charge in [-0.1, -0.05) is 22.0 Å². The van der Waals surface area contributed by atoms with Gasteiger partial charge in [0.25, 0.3) is 0 Å². The highest BCUT2D eigenvalue weighted by molar-refractivity contribution is 9.09. The summed E-state index contributed by atoms with van der Waals surface area (Å²) in [5.41, 5.74) is 1.30. The van der Waals surface area contributed by atoms with Crippen molar-refractivity contribution in [2.24, 2.45) is 0 Å². The summed E-state index contributed by atoms with van der Waals surface area (Å²) in [4.78, 5) is 23.1. The van der Waals surface area contributed by atoms with E-state index in [1.165, 1.54) is 7.11 Å². The van der Waals surface area contributed by atoms with Crippen LogP contribution in [-0.2, 0) is 14.3 Å². The van der Waals surface area contributed by atoms with E-state index in [0.717, 1.165) is 18.2 Å². The molecule has 110 valence electrons. The molecule has 1 rings (SSSR count). The van der Waals surface area contributed by atoms with Crippen molar-refractivity contribution in [1.29, 1.82) is 0 Å². The van der Waals surface area contributed by atoms with Crippen LogP contribution in [0.1, 0.15) is 19.3 Å². The average molecular weight is 343 g/mol. The first-order chi connectivity index (χ1) is 9.65. The van der Waals surface area contributed by atoms with Gasteiger partial charge in [-0.3, -0.25) is 9.59 Å². The molecular formula is C14H19BrN2O3. The van der Waals surface area contributed by atoms with E-state index < -0.39 is 0 Å². The summed E-state index contributed by atoms with van der Waals surface area (Å²) in [6, 6.07) is 7.04. The van der Waals surface area contributed by atoms with Gasteiger partial charge in [0.15, 0.2) is 0 Å². The van der Waals surface area contributed by atoms with E-state index in [9.17, 15) is 9.59 Å². The first-order valence-electron chi connectivity index (χ1n) is 6.40. The van der Waals surface area contributed by atoms with Crippen molar-refractivity contribution in [3.63, 3.8) is 0 Å². The second-order valence-corrected chi connectivity index (χ2v) is 5.05. The number of methoxy groups -OCH3 is 1. The van der Waals surface area contributed by atoms with Crippen LogP contribution in [0.3, 0.4) is 0 Å². The summed E-state index contributed by atoms with van der Waals surface area (Å²) < 4.78 is 4.74. The van der Waals surface area contributed by atoms with Crippen molar-refractivity contribution in [2.45, 2.75) is 19.3 Å². The number of nitrogens with one attached hydrogen (secondary N) is 2. The van der Waals surface area contributed by atoms with Crippen molar-refractivity contribution in [2.75, 3.05) is 29.7 Å². The number of ether oxygens (including phenoxy) is 1. The third-order valence-corrected chi connectivity index (χ3v) is 3.05. The Morgan fingerprint density at radius 3 is 2.40 bits per heavy atom. The summed E-state index contributed by atoms with van der Waals surface area (Å²) in [5.74, 6) is -0.250. The minimum Gasteiger partial charge on any atom is -0.375 e. The lowest BCUT2D eigenvalue weighted by Gasteiger charge is -2.08. The third-order valence-electron chi connectivity index (χ3n) is 2.49. The van der Waals surface area contributed by atoms with E-state index in [-0.39, 0.29) is 18.4 Å². The van der Waals surface area contributed by atoms with Crippen molar-refractivity contribution in [1.82, 2.24) is 0 Å². The van der Waals surface area contributed by atoms with Gasteiger partial charge in [0.05, 0.1) is 0 Å². The van der Waals surface area contributed by atoms with Crippen molar-refractivity contribution in [3.8, 4) is 0 Å². The fraction of sp³-hybridized carbons (Fsp3) is 0.429. The largest absolute Gasteiger partial charge is 0.375 e. The number of unbranched alkanes of at least 4 members (excludes halogenated alkanes) is 1. The maximum Gasteiger partial charge on any atom is 0.250 e. The van der Waals surface area contributed by atoms with Crippen LogP contribution in [-0.4, -0.2) is 30.9 Å². The standard InChI is InChI=1S/C14H19BrN2O3/c1-20-10-14(19)17-12-6-4-5-11(9-12)16-13(18)7-2-3-8-15/h4-6,9H,2-3,7-8,10H2,1H3,(H,16,18)(H,17,19). The van der Waals surface area contributed by atoms with Gasteiger partial charge < -0.3 is 15.4 Å². The number of rotatable bonds is 8. The summed E-state index contributed by atoms with van der Waals surface area (Å²) in [6.45, 7) is 0.00311. The fourth-order valence-electron chi connectivity index (χ4n) is 1.61. The molecule has 0 fully saturated rings. The lowest BCUT2D eigenvalue weighted by atomic mass is 10.2. The van der Waals surface area contributed by atoms with Gasteiger partial charge in [0.2, 0.25) is 11.8 Å². The number of halogens is 1. The quantitative estimate of drug-likeness (QED) is 0.563. The molecule has 0 aromatic heterocycles. The number of benzene rings is 1. The van der Waals surface area contributed by atoms with Crippen LogP contribution in [0.4, 0.5) is 11.4 Å². The zero-order valence-corrected chi connectivity index (χ0v) is 13.0. The molecule has 0 unspecified atom stereocenters. The Balaban J connectivity index is 2.50. The average Bonchev–Trinajstić information content (AvgIpc) is 2.39. The molecule has 0 radical (unpaired) electrons. The van der Waals surface area contributed by atoms with Gasteiger partial charge in [-0.15, -0.1) is 0 Å². The molecule has 6 heteroatoms. The smallest absolute Gasteiger partial charge is 0.250 e. The van der Waals surface area contributed by atoms with Crippen LogP contribution >= 0.6 is 15.9 Å². The Bertz CT molecular complexity index is 452. The Kier molecular flexibility index (Phi) is 7.91. The van der Waals surface area contributed by atoms with E-state index in [2.05, 4.69) is 26.6 Å². The zero-order valence-electron chi connectivity index (χ0n) is 11.4. The van der Waals surface area contributed by atoms with E-state index in [4.69, 9.17) is 4.74 Å². The molecule has 0 atom stereocenters. The van der Waals surface area contributed by atoms with Gasteiger partial charge in [-0.25, -0.2) is 0 Å². The predicted molar refractivity (Wildman–Crippen MR) is 83.2 cm³/mol. The topological polar surface area (TPSA) is 67.4 Å². The number of anilines is 2. The Labute approximate surface area is 127 Å². The minimum absolute atomic E-state index is 0.00311. The number of amides is 2. The van der Waals surface area contributed by atoms with Gasteiger partial charge in [0, 0.05) is 30.2 Å². The Morgan fingerprint density at radius 1 is 1.15 bits per heavy atom. The summed E-state index contributed by atoms with van der Waals surface area (Å²) >= 11 is 3.33. The van der Waals surface area contributed by atoms with Gasteiger partial charge >= 0.3 is 0 Å². The molecule has 0 saturated carbocycles. The maximum atomic E-state index is 11.7. The molecule has 0 aliphatic carbocycles. The zero-order chi connectivity index (χ0) is 14.8. The highest BCUT2D eigenvalue weighted by Gasteiger charge is 2.05. The maximum absolute atomic E-state index is 11.7. The normalized spacial score (nSPS) is 10.1. The molecule has 0 saturated heterocycles.